The van der Waals surface area contributed by atoms with E-state index in [4.69, 9.17) is 9.47 Å². The number of halogens is 1. The predicted octanol–water partition coefficient (Wildman–Crippen LogP) is -1.19. The molecule has 1 aliphatic rings. The van der Waals surface area contributed by atoms with Crippen LogP contribution in [0.1, 0.15) is 18.4 Å². The predicted molar refractivity (Wildman–Crippen MR) is 59.7 cm³/mol. The summed E-state index contributed by atoms with van der Waals surface area (Å²) in [5.41, 5.74) is 1.10. The van der Waals surface area contributed by atoms with Gasteiger partial charge >= 0.3 is 23.1 Å². The molecule has 0 saturated carbocycles. The fraction of sp³-hybridized carbons (Fsp3) is 0.500. The van der Waals surface area contributed by atoms with Crippen molar-refractivity contribution in [1.82, 2.24) is 0 Å². The Labute approximate surface area is 124 Å². The molecule has 1 aromatic rings. The SMILES string of the molecule is [Br-].[Mg+2].[c-]1ccccc1COCC1CCCO1. The largest absolute Gasteiger partial charge is 2.00 e. The summed E-state index contributed by atoms with van der Waals surface area (Å²) in [6.45, 7) is 2.24. The van der Waals surface area contributed by atoms with Crippen LogP contribution >= 0.6 is 0 Å². The average Bonchev–Trinajstić information content (AvgIpc) is 2.72. The van der Waals surface area contributed by atoms with E-state index in [-0.39, 0.29) is 40.0 Å². The summed E-state index contributed by atoms with van der Waals surface area (Å²) in [6, 6.07) is 11.0. The van der Waals surface area contributed by atoms with Crippen LogP contribution in [0.2, 0.25) is 0 Å². The van der Waals surface area contributed by atoms with Crippen LogP contribution in [0.3, 0.4) is 0 Å². The van der Waals surface area contributed by atoms with Gasteiger partial charge < -0.3 is 26.5 Å². The van der Waals surface area contributed by atoms with Gasteiger partial charge in [-0.25, -0.2) is 0 Å². The molecule has 1 fully saturated rings. The van der Waals surface area contributed by atoms with E-state index in [9.17, 15) is 0 Å². The molecular weight excluding hydrogens is 280 g/mol. The van der Waals surface area contributed by atoms with Crippen LogP contribution in [-0.4, -0.2) is 42.4 Å². The first kappa shape index (κ1) is 16.4. The van der Waals surface area contributed by atoms with Crippen molar-refractivity contribution < 1.29 is 26.5 Å². The number of hydrogen-bond acceptors (Lipinski definition) is 2. The van der Waals surface area contributed by atoms with E-state index in [1.165, 1.54) is 6.42 Å². The zero-order valence-corrected chi connectivity index (χ0v) is 12.3. The average molecular weight is 295 g/mol. The Hall–Kier alpha value is 0.386. The van der Waals surface area contributed by atoms with Gasteiger partial charge in [0.1, 0.15) is 0 Å². The van der Waals surface area contributed by atoms with E-state index in [1.54, 1.807) is 0 Å². The minimum absolute atomic E-state index is 0. The first-order valence-electron chi connectivity index (χ1n) is 5.10. The van der Waals surface area contributed by atoms with Gasteiger partial charge in [0.15, 0.2) is 0 Å². The minimum Gasteiger partial charge on any atom is -1.00 e. The van der Waals surface area contributed by atoms with Gasteiger partial charge in [0.25, 0.3) is 0 Å². The molecule has 2 rings (SSSR count). The summed E-state index contributed by atoms with van der Waals surface area (Å²) in [4.78, 5) is 0. The van der Waals surface area contributed by atoms with E-state index < -0.39 is 0 Å². The molecule has 16 heavy (non-hydrogen) atoms. The summed E-state index contributed by atoms with van der Waals surface area (Å²) >= 11 is 0. The number of benzene rings is 1. The molecule has 0 amide bonds. The maximum atomic E-state index is 5.55. The second-order valence-electron chi connectivity index (χ2n) is 3.54. The van der Waals surface area contributed by atoms with Gasteiger partial charge in [0.05, 0.1) is 12.7 Å². The summed E-state index contributed by atoms with van der Waals surface area (Å²) in [6.07, 6.45) is 2.63. The van der Waals surface area contributed by atoms with Crippen molar-refractivity contribution in [3.63, 3.8) is 0 Å². The minimum atomic E-state index is 0. The number of rotatable bonds is 4. The van der Waals surface area contributed by atoms with Gasteiger partial charge in [-0.1, -0.05) is 0 Å². The van der Waals surface area contributed by atoms with Crippen LogP contribution in [-0.2, 0) is 16.1 Å². The molecule has 84 valence electrons. The molecule has 0 aliphatic carbocycles. The van der Waals surface area contributed by atoms with Crippen LogP contribution in [0.15, 0.2) is 24.3 Å². The van der Waals surface area contributed by atoms with Crippen LogP contribution in [0.5, 0.6) is 0 Å². The molecular formula is C12H15BrMgO2. The van der Waals surface area contributed by atoms with Gasteiger partial charge in [-0.15, -0.1) is 5.56 Å². The molecule has 4 heteroatoms. The summed E-state index contributed by atoms with van der Waals surface area (Å²) < 4.78 is 11.0. The van der Waals surface area contributed by atoms with Crippen molar-refractivity contribution >= 4 is 23.1 Å². The maximum absolute atomic E-state index is 5.55. The summed E-state index contributed by atoms with van der Waals surface area (Å²) in [5.74, 6) is 0. The second-order valence-corrected chi connectivity index (χ2v) is 3.54. The van der Waals surface area contributed by atoms with E-state index >= 15 is 0 Å². The van der Waals surface area contributed by atoms with E-state index in [1.807, 2.05) is 24.3 Å². The molecule has 0 aromatic heterocycles. The third-order valence-electron chi connectivity index (χ3n) is 2.36. The Kier molecular flexibility index (Phi) is 9.65. The molecule has 2 nitrogen and oxygen atoms in total. The van der Waals surface area contributed by atoms with E-state index in [2.05, 4.69) is 6.07 Å². The molecule has 1 heterocycles. The summed E-state index contributed by atoms with van der Waals surface area (Å²) in [7, 11) is 0. The Balaban J connectivity index is 0.00000112. The van der Waals surface area contributed by atoms with Gasteiger partial charge in [-0.05, 0) is 12.8 Å². The van der Waals surface area contributed by atoms with Crippen molar-refractivity contribution in [1.29, 1.82) is 0 Å². The molecule has 1 unspecified atom stereocenters. The molecule has 1 saturated heterocycles. The van der Waals surface area contributed by atoms with Crippen LogP contribution < -0.4 is 17.0 Å². The third kappa shape index (κ3) is 5.64. The Morgan fingerprint density at radius 2 is 2.31 bits per heavy atom. The standard InChI is InChI=1S/C12H15O2.BrH.Mg/c1-2-5-11(6-3-1)9-13-10-12-7-4-8-14-12;;/h1-3,5,12H,4,7-10H2;1H;/q-1;;+2/p-1. The molecule has 0 bridgehead atoms. The normalized spacial score (nSPS) is 18.6. The third-order valence-corrected chi connectivity index (χ3v) is 2.36. The zero-order valence-electron chi connectivity index (χ0n) is 9.32. The molecule has 0 N–H and O–H groups in total. The molecule has 1 atom stereocenters. The Morgan fingerprint density at radius 1 is 1.44 bits per heavy atom. The van der Waals surface area contributed by atoms with Crippen molar-refractivity contribution in [3.05, 3.63) is 35.9 Å². The first-order chi connectivity index (χ1) is 6.95. The van der Waals surface area contributed by atoms with Crippen molar-refractivity contribution in [2.24, 2.45) is 0 Å². The summed E-state index contributed by atoms with van der Waals surface area (Å²) in [5, 5.41) is 0. The Bertz CT molecular complexity index is 263. The molecule has 0 radical (unpaired) electrons. The van der Waals surface area contributed by atoms with Gasteiger partial charge in [0, 0.05) is 13.2 Å². The van der Waals surface area contributed by atoms with Crippen LogP contribution in [0.4, 0.5) is 0 Å². The van der Waals surface area contributed by atoms with Gasteiger partial charge in [-0.3, -0.25) is 0 Å². The topological polar surface area (TPSA) is 18.5 Å². The molecule has 1 aliphatic heterocycles. The smallest absolute Gasteiger partial charge is 1.00 e. The quantitative estimate of drug-likeness (QED) is 0.513. The van der Waals surface area contributed by atoms with Crippen molar-refractivity contribution in [3.8, 4) is 0 Å². The van der Waals surface area contributed by atoms with Crippen LogP contribution in [0.25, 0.3) is 0 Å². The van der Waals surface area contributed by atoms with E-state index in [0.717, 1.165) is 18.6 Å². The fourth-order valence-corrected chi connectivity index (χ4v) is 1.60. The molecule has 1 aromatic carbocycles. The second kappa shape index (κ2) is 9.42. The number of ether oxygens (including phenoxy) is 2. The van der Waals surface area contributed by atoms with Crippen molar-refractivity contribution in [2.45, 2.75) is 25.6 Å². The van der Waals surface area contributed by atoms with E-state index in [0.29, 0.717) is 19.3 Å². The van der Waals surface area contributed by atoms with Gasteiger partial charge in [0.2, 0.25) is 0 Å². The monoisotopic (exact) mass is 294 g/mol. The first-order valence-corrected chi connectivity index (χ1v) is 5.10. The van der Waals surface area contributed by atoms with Gasteiger partial charge in [-0.2, -0.15) is 30.3 Å². The zero-order chi connectivity index (χ0) is 9.64. The van der Waals surface area contributed by atoms with Crippen molar-refractivity contribution in [2.75, 3.05) is 13.2 Å². The fourth-order valence-electron chi connectivity index (χ4n) is 1.60. The van der Waals surface area contributed by atoms with Crippen LogP contribution in [0, 0.1) is 6.07 Å². The molecule has 0 spiro atoms. The number of hydrogen-bond donors (Lipinski definition) is 0. The Morgan fingerprint density at radius 3 is 2.94 bits per heavy atom. The maximum Gasteiger partial charge on any atom is 2.00 e.